The maximum atomic E-state index is 11.3. The van der Waals surface area contributed by atoms with Gasteiger partial charge in [-0.2, -0.15) is 0 Å². The van der Waals surface area contributed by atoms with E-state index in [-0.39, 0.29) is 5.56 Å². The van der Waals surface area contributed by atoms with E-state index in [4.69, 9.17) is 0 Å². The van der Waals surface area contributed by atoms with Crippen LogP contribution < -0.4 is 10.2 Å². The van der Waals surface area contributed by atoms with E-state index in [1.807, 2.05) is 6.07 Å². The summed E-state index contributed by atoms with van der Waals surface area (Å²) < 4.78 is 0. The number of hydrogen-bond acceptors (Lipinski definition) is 5. The zero-order valence-corrected chi connectivity index (χ0v) is 12.1. The van der Waals surface area contributed by atoms with Crippen LogP contribution in [0.5, 0.6) is 0 Å². The molecule has 0 aliphatic carbocycles. The lowest BCUT2D eigenvalue weighted by molar-refractivity contribution is 0.0699. The van der Waals surface area contributed by atoms with Crippen molar-refractivity contribution in [3.63, 3.8) is 0 Å². The van der Waals surface area contributed by atoms with Gasteiger partial charge in [0.25, 0.3) is 0 Å². The van der Waals surface area contributed by atoms with Crippen molar-refractivity contribution in [2.24, 2.45) is 0 Å². The van der Waals surface area contributed by atoms with Crippen LogP contribution in [0.4, 0.5) is 5.69 Å². The lowest BCUT2D eigenvalue weighted by atomic mass is 10.1. The number of carboxylic acid groups (broad SMARTS) is 1. The SMILES string of the molecule is C[C@@H]1CN(c2ccc(C(=O)O)c3nccnc23)C[C@H](C)N1. The number of rotatable bonds is 2. The molecule has 0 radical (unpaired) electrons. The van der Waals surface area contributed by atoms with Crippen molar-refractivity contribution in [2.45, 2.75) is 25.9 Å². The summed E-state index contributed by atoms with van der Waals surface area (Å²) in [7, 11) is 0. The van der Waals surface area contributed by atoms with Crippen molar-refractivity contribution < 1.29 is 9.90 Å². The number of carbonyl (C=O) groups is 1. The van der Waals surface area contributed by atoms with Crippen molar-refractivity contribution in [2.75, 3.05) is 18.0 Å². The summed E-state index contributed by atoms with van der Waals surface area (Å²) in [5.74, 6) is -0.978. The fourth-order valence-electron chi connectivity index (χ4n) is 2.99. The van der Waals surface area contributed by atoms with Crippen LogP contribution in [0.15, 0.2) is 24.5 Å². The van der Waals surface area contributed by atoms with E-state index in [2.05, 4.69) is 34.0 Å². The van der Waals surface area contributed by atoms with E-state index in [1.165, 1.54) is 6.20 Å². The first kappa shape index (κ1) is 13.8. The van der Waals surface area contributed by atoms with Gasteiger partial charge in [-0.1, -0.05) is 0 Å². The number of fused-ring (bicyclic) bond motifs is 1. The molecule has 0 bridgehead atoms. The van der Waals surface area contributed by atoms with Crippen LogP contribution in [0, 0.1) is 0 Å². The summed E-state index contributed by atoms with van der Waals surface area (Å²) in [5.41, 5.74) is 2.24. The lowest BCUT2D eigenvalue weighted by Gasteiger charge is -2.37. The molecule has 110 valence electrons. The van der Waals surface area contributed by atoms with Crippen LogP contribution in [0.25, 0.3) is 11.0 Å². The van der Waals surface area contributed by atoms with E-state index in [9.17, 15) is 9.90 Å². The predicted octanol–water partition coefficient (Wildman–Crippen LogP) is 1.51. The summed E-state index contributed by atoms with van der Waals surface area (Å²) in [6, 6.07) is 4.20. The second-order valence-corrected chi connectivity index (χ2v) is 5.56. The van der Waals surface area contributed by atoms with Gasteiger partial charge in [-0.15, -0.1) is 0 Å². The number of piperazine rings is 1. The zero-order valence-electron chi connectivity index (χ0n) is 12.1. The molecule has 1 aliphatic rings. The maximum absolute atomic E-state index is 11.3. The Morgan fingerprint density at radius 2 is 1.81 bits per heavy atom. The van der Waals surface area contributed by atoms with Gasteiger partial charge in [0.1, 0.15) is 11.0 Å². The minimum absolute atomic E-state index is 0.193. The van der Waals surface area contributed by atoms with E-state index < -0.39 is 5.97 Å². The third kappa shape index (κ3) is 2.54. The van der Waals surface area contributed by atoms with Crippen LogP contribution in [-0.4, -0.2) is 46.2 Å². The molecule has 2 atom stereocenters. The smallest absolute Gasteiger partial charge is 0.337 e. The van der Waals surface area contributed by atoms with Crippen molar-refractivity contribution in [1.29, 1.82) is 0 Å². The quantitative estimate of drug-likeness (QED) is 0.871. The molecule has 0 spiro atoms. The molecule has 2 heterocycles. The Hall–Kier alpha value is -2.21. The van der Waals surface area contributed by atoms with Crippen LogP contribution in [0.1, 0.15) is 24.2 Å². The molecule has 0 amide bonds. The molecule has 2 N–H and O–H groups in total. The van der Waals surface area contributed by atoms with Crippen molar-refractivity contribution in [1.82, 2.24) is 15.3 Å². The second kappa shape index (κ2) is 5.29. The number of aromatic nitrogens is 2. The molecule has 1 saturated heterocycles. The lowest BCUT2D eigenvalue weighted by Crippen LogP contribution is -2.54. The third-order valence-corrected chi connectivity index (χ3v) is 3.73. The van der Waals surface area contributed by atoms with E-state index in [1.54, 1.807) is 12.3 Å². The second-order valence-electron chi connectivity index (χ2n) is 5.56. The number of anilines is 1. The number of nitrogens with zero attached hydrogens (tertiary/aromatic N) is 3. The number of aromatic carboxylic acids is 1. The number of carboxylic acids is 1. The van der Waals surface area contributed by atoms with Gasteiger partial charge in [0.2, 0.25) is 0 Å². The third-order valence-electron chi connectivity index (χ3n) is 3.73. The Kier molecular flexibility index (Phi) is 3.47. The van der Waals surface area contributed by atoms with E-state index >= 15 is 0 Å². The highest BCUT2D eigenvalue weighted by Gasteiger charge is 2.24. The molecular weight excluding hydrogens is 268 g/mol. The highest BCUT2D eigenvalue weighted by molar-refractivity contribution is 6.04. The zero-order chi connectivity index (χ0) is 15.0. The fourth-order valence-corrected chi connectivity index (χ4v) is 2.99. The van der Waals surface area contributed by atoms with Gasteiger partial charge in [-0.25, -0.2) is 4.79 Å². The molecule has 2 aromatic rings. The first-order valence-electron chi connectivity index (χ1n) is 7.04. The van der Waals surface area contributed by atoms with Crippen LogP contribution in [0.3, 0.4) is 0 Å². The summed E-state index contributed by atoms with van der Waals surface area (Å²) in [6.45, 7) is 6.01. The van der Waals surface area contributed by atoms with Gasteiger partial charge in [0.05, 0.1) is 11.3 Å². The average molecular weight is 286 g/mol. The molecule has 21 heavy (non-hydrogen) atoms. The number of nitrogens with one attached hydrogen (secondary N) is 1. The predicted molar refractivity (Wildman–Crippen MR) is 80.8 cm³/mol. The Labute approximate surface area is 122 Å². The number of benzene rings is 1. The molecule has 1 aliphatic heterocycles. The topological polar surface area (TPSA) is 78.4 Å². The molecule has 6 heteroatoms. The Balaban J connectivity index is 2.11. The highest BCUT2D eigenvalue weighted by atomic mass is 16.4. The van der Waals surface area contributed by atoms with E-state index in [0.29, 0.717) is 23.1 Å². The van der Waals surface area contributed by atoms with Crippen LogP contribution >= 0.6 is 0 Å². The highest BCUT2D eigenvalue weighted by Crippen LogP contribution is 2.28. The van der Waals surface area contributed by atoms with Gasteiger partial charge < -0.3 is 15.3 Å². The first-order valence-corrected chi connectivity index (χ1v) is 7.04. The summed E-state index contributed by atoms with van der Waals surface area (Å²) in [5, 5.41) is 12.8. The maximum Gasteiger partial charge on any atom is 0.337 e. The summed E-state index contributed by atoms with van der Waals surface area (Å²) in [6.07, 6.45) is 3.13. The molecule has 3 rings (SSSR count). The van der Waals surface area contributed by atoms with Crippen molar-refractivity contribution >= 4 is 22.7 Å². The van der Waals surface area contributed by atoms with Crippen LogP contribution in [0.2, 0.25) is 0 Å². The number of hydrogen-bond donors (Lipinski definition) is 2. The van der Waals surface area contributed by atoms with Crippen molar-refractivity contribution in [3.05, 3.63) is 30.1 Å². The largest absolute Gasteiger partial charge is 0.478 e. The normalized spacial score (nSPS) is 22.5. The minimum Gasteiger partial charge on any atom is -0.478 e. The average Bonchev–Trinajstić information content (AvgIpc) is 2.44. The van der Waals surface area contributed by atoms with Crippen LogP contribution in [-0.2, 0) is 0 Å². The molecule has 6 nitrogen and oxygen atoms in total. The van der Waals surface area contributed by atoms with Gasteiger partial charge in [0, 0.05) is 37.6 Å². The molecule has 1 aromatic carbocycles. The van der Waals surface area contributed by atoms with Gasteiger partial charge in [0.15, 0.2) is 0 Å². The summed E-state index contributed by atoms with van der Waals surface area (Å²) >= 11 is 0. The molecule has 1 fully saturated rings. The minimum atomic E-state index is -0.978. The van der Waals surface area contributed by atoms with E-state index in [0.717, 1.165) is 18.8 Å². The molecule has 0 unspecified atom stereocenters. The molecule has 0 saturated carbocycles. The monoisotopic (exact) mass is 286 g/mol. The van der Waals surface area contributed by atoms with Gasteiger partial charge in [-0.3, -0.25) is 9.97 Å². The Morgan fingerprint density at radius 1 is 1.19 bits per heavy atom. The molecular formula is C15H18N4O2. The summed E-state index contributed by atoms with van der Waals surface area (Å²) in [4.78, 5) is 22.1. The molecule has 1 aromatic heterocycles. The Bertz CT molecular complexity index is 678. The standard InChI is InChI=1S/C15H18N4O2/c1-9-7-19(8-10(2)18-9)12-4-3-11(15(20)21)13-14(12)17-6-5-16-13/h3-6,9-10,18H,7-8H2,1-2H3,(H,20,21)/t9-,10+. The van der Waals surface area contributed by atoms with Gasteiger partial charge in [-0.05, 0) is 26.0 Å². The Morgan fingerprint density at radius 3 is 2.43 bits per heavy atom. The fraction of sp³-hybridized carbons (Fsp3) is 0.400. The van der Waals surface area contributed by atoms with Gasteiger partial charge >= 0.3 is 5.97 Å². The first-order chi connectivity index (χ1) is 10.1. The van der Waals surface area contributed by atoms with Crippen molar-refractivity contribution in [3.8, 4) is 0 Å².